The van der Waals surface area contributed by atoms with E-state index in [1.807, 2.05) is 0 Å². The number of nitrogens with zero attached hydrogens (tertiary/aromatic N) is 3. The van der Waals surface area contributed by atoms with Crippen LogP contribution in [0.4, 0.5) is 10.7 Å². The van der Waals surface area contributed by atoms with Gasteiger partial charge in [-0.2, -0.15) is 0 Å². The van der Waals surface area contributed by atoms with E-state index in [2.05, 4.69) is 10.3 Å². The molecule has 25 heavy (non-hydrogen) atoms. The summed E-state index contributed by atoms with van der Waals surface area (Å²) in [5.41, 5.74) is 0.740. The van der Waals surface area contributed by atoms with Gasteiger partial charge in [0.15, 0.2) is 0 Å². The van der Waals surface area contributed by atoms with Gasteiger partial charge >= 0.3 is 12.0 Å². The van der Waals surface area contributed by atoms with E-state index in [9.17, 15) is 19.7 Å². The highest BCUT2D eigenvalue weighted by molar-refractivity contribution is 6.04. The van der Waals surface area contributed by atoms with Crippen molar-refractivity contribution in [2.24, 2.45) is 0 Å². The summed E-state index contributed by atoms with van der Waals surface area (Å²) in [5, 5.41) is 12.9. The second-order valence-electron chi connectivity index (χ2n) is 4.90. The Hall–Kier alpha value is -3.43. The number of imide groups is 1. The Balaban J connectivity index is 1.90. The van der Waals surface area contributed by atoms with Gasteiger partial charge in [0.2, 0.25) is 0 Å². The molecule has 1 aromatic carbocycles. The Labute approximate surface area is 142 Å². The molecule has 0 atom stereocenters. The smallest absolute Gasteiger partial charge is 0.434 e. The van der Waals surface area contributed by atoms with Crippen LogP contribution in [0.3, 0.4) is 0 Å². The number of amides is 2. The van der Waals surface area contributed by atoms with Crippen LogP contribution in [0.25, 0.3) is 0 Å². The zero-order chi connectivity index (χ0) is 18.4. The van der Waals surface area contributed by atoms with E-state index in [1.165, 1.54) is 23.9 Å². The second kappa shape index (κ2) is 7.90. The van der Waals surface area contributed by atoms with E-state index < -0.39 is 16.9 Å². The number of nitro groups is 1. The van der Waals surface area contributed by atoms with Crippen LogP contribution in [0.1, 0.15) is 16.1 Å². The van der Waals surface area contributed by atoms with Crippen LogP contribution in [-0.2, 0) is 11.3 Å². The highest BCUT2D eigenvalue weighted by atomic mass is 16.6. The van der Waals surface area contributed by atoms with Crippen LogP contribution in [-0.4, -0.2) is 40.2 Å². The summed E-state index contributed by atoms with van der Waals surface area (Å²) in [6.07, 6.45) is 0.389. The summed E-state index contributed by atoms with van der Waals surface area (Å²) in [6, 6.07) is 6.40. The molecule has 132 valence electrons. The van der Waals surface area contributed by atoms with Crippen molar-refractivity contribution >= 4 is 17.9 Å². The van der Waals surface area contributed by atoms with Gasteiger partial charge < -0.3 is 19.6 Å². The number of aromatic nitrogens is 2. The number of alkyl carbamates (subject to hydrolysis) is 1. The van der Waals surface area contributed by atoms with Crippen LogP contribution < -0.4 is 10.1 Å². The van der Waals surface area contributed by atoms with E-state index in [-0.39, 0.29) is 24.7 Å². The molecule has 0 aliphatic heterocycles. The van der Waals surface area contributed by atoms with E-state index >= 15 is 0 Å². The van der Waals surface area contributed by atoms with Gasteiger partial charge in [0.05, 0.1) is 12.7 Å². The molecule has 0 fully saturated rings. The Morgan fingerprint density at radius 2 is 2.08 bits per heavy atom. The predicted molar refractivity (Wildman–Crippen MR) is 85.4 cm³/mol. The average Bonchev–Trinajstić information content (AvgIpc) is 2.96. The first-order chi connectivity index (χ1) is 11.9. The van der Waals surface area contributed by atoms with Crippen molar-refractivity contribution in [1.82, 2.24) is 14.9 Å². The fraction of sp³-hybridized carbons (Fsp3) is 0.267. The molecular weight excluding hydrogens is 332 g/mol. The minimum absolute atomic E-state index is 0.0401. The van der Waals surface area contributed by atoms with Crippen LogP contribution in [0, 0.1) is 17.0 Å². The van der Waals surface area contributed by atoms with Crippen molar-refractivity contribution in [1.29, 1.82) is 0 Å². The van der Waals surface area contributed by atoms with Gasteiger partial charge in [0, 0.05) is 0 Å². The predicted octanol–water partition coefficient (Wildman–Crippen LogP) is 1.67. The molecule has 10 nitrogen and oxygen atoms in total. The zero-order valence-corrected chi connectivity index (χ0v) is 13.6. The molecule has 1 aromatic heterocycles. The number of ether oxygens (including phenoxy) is 2. The highest BCUT2D eigenvalue weighted by Gasteiger charge is 2.19. The largest absolute Gasteiger partial charge is 0.496 e. The molecule has 0 saturated heterocycles. The number of rotatable bonds is 6. The topological polar surface area (TPSA) is 126 Å². The maximum atomic E-state index is 12.0. The number of methoxy groups -OCH3 is 1. The van der Waals surface area contributed by atoms with E-state index in [0.717, 1.165) is 0 Å². The highest BCUT2D eigenvalue weighted by Crippen LogP contribution is 2.17. The number of carbonyl (C=O) groups excluding carboxylic acids is 2. The standard InChI is InChI=1S/C15H16N4O6/c1-10-9-16-14(19(22)23)18(10)7-8-25-15(21)17-13(20)11-5-3-4-6-12(11)24-2/h3-6,9H,7-8H2,1-2H3,(H,17,20,21). The fourth-order valence-corrected chi connectivity index (χ4v) is 2.13. The molecular formula is C15H16N4O6. The number of para-hydroxylation sites is 1. The van der Waals surface area contributed by atoms with E-state index in [4.69, 9.17) is 9.47 Å². The number of benzene rings is 1. The first-order valence-corrected chi connectivity index (χ1v) is 7.21. The summed E-state index contributed by atoms with van der Waals surface area (Å²) >= 11 is 0. The van der Waals surface area contributed by atoms with Crippen molar-refractivity contribution < 1.29 is 24.0 Å². The summed E-state index contributed by atoms with van der Waals surface area (Å²) in [4.78, 5) is 37.6. The minimum Gasteiger partial charge on any atom is -0.496 e. The third-order valence-corrected chi connectivity index (χ3v) is 3.31. The number of carbonyl (C=O) groups is 2. The Kier molecular flexibility index (Phi) is 5.66. The quantitative estimate of drug-likeness (QED) is 0.621. The molecule has 0 radical (unpaired) electrons. The number of imidazole rings is 1. The average molecular weight is 348 g/mol. The van der Waals surface area contributed by atoms with Crippen LogP contribution >= 0.6 is 0 Å². The minimum atomic E-state index is -0.962. The van der Waals surface area contributed by atoms with Gasteiger partial charge in [0.25, 0.3) is 5.91 Å². The van der Waals surface area contributed by atoms with Crippen molar-refractivity contribution in [2.45, 2.75) is 13.5 Å². The lowest BCUT2D eigenvalue weighted by Gasteiger charge is -2.09. The Morgan fingerprint density at radius 3 is 2.76 bits per heavy atom. The van der Waals surface area contributed by atoms with Crippen molar-refractivity contribution in [3.05, 3.63) is 51.8 Å². The van der Waals surface area contributed by atoms with Crippen LogP contribution in [0.15, 0.2) is 30.5 Å². The maximum absolute atomic E-state index is 12.0. The van der Waals surface area contributed by atoms with E-state index in [0.29, 0.717) is 11.4 Å². The first-order valence-electron chi connectivity index (χ1n) is 7.21. The molecule has 0 aliphatic carbocycles. The first kappa shape index (κ1) is 17.9. The number of hydrogen-bond acceptors (Lipinski definition) is 7. The summed E-state index contributed by atoms with van der Waals surface area (Å²) in [7, 11) is 1.41. The van der Waals surface area contributed by atoms with Crippen molar-refractivity contribution in [2.75, 3.05) is 13.7 Å². The molecule has 0 spiro atoms. The molecule has 0 saturated carbocycles. The van der Waals surface area contributed by atoms with Gasteiger partial charge in [-0.05, 0) is 24.0 Å². The lowest BCUT2D eigenvalue weighted by molar-refractivity contribution is -0.396. The van der Waals surface area contributed by atoms with Gasteiger partial charge in [-0.3, -0.25) is 10.1 Å². The number of hydrogen-bond donors (Lipinski definition) is 1. The summed E-state index contributed by atoms with van der Waals surface area (Å²) in [5.74, 6) is -0.698. The monoisotopic (exact) mass is 348 g/mol. The molecule has 2 aromatic rings. The molecule has 0 aliphatic rings. The normalized spacial score (nSPS) is 10.2. The summed E-state index contributed by atoms with van der Waals surface area (Å²) < 4.78 is 11.2. The van der Waals surface area contributed by atoms with E-state index in [1.54, 1.807) is 25.1 Å². The zero-order valence-electron chi connectivity index (χ0n) is 13.6. The molecule has 2 amide bonds. The Morgan fingerprint density at radius 1 is 1.36 bits per heavy atom. The van der Waals surface area contributed by atoms with Gasteiger partial charge in [-0.25, -0.2) is 9.36 Å². The van der Waals surface area contributed by atoms with Crippen LogP contribution in [0.2, 0.25) is 0 Å². The lowest BCUT2D eigenvalue weighted by Crippen LogP contribution is -2.32. The summed E-state index contributed by atoms with van der Waals surface area (Å²) in [6.45, 7) is 1.52. The molecule has 1 N–H and O–H groups in total. The molecule has 1 heterocycles. The molecule has 0 unspecified atom stereocenters. The van der Waals surface area contributed by atoms with Crippen molar-refractivity contribution in [3.8, 4) is 5.75 Å². The number of nitrogens with one attached hydrogen (secondary N) is 1. The Bertz CT molecular complexity index is 801. The van der Waals surface area contributed by atoms with Gasteiger partial charge in [0.1, 0.15) is 30.8 Å². The molecule has 10 heteroatoms. The lowest BCUT2D eigenvalue weighted by atomic mass is 10.2. The molecule has 0 bridgehead atoms. The SMILES string of the molecule is COc1ccccc1C(=O)NC(=O)OCCn1c(C)cnc1[N+](=O)[O-]. The third-order valence-electron chi connectivity index (χ3n) is 3.31. The third kappa shape index (κ3) is 4.31. The molecule has 2 rings (SSSR count). The number of aryl methyl sites for hydroxylation is 1. The fourth-order valence-electron chi connectivity index (χ4n) is 2.13. The van der Waals surface area contributed by atoms with Crippen LogP contribution in [0.5, 0.6) is 5.75 Å². The van der Waals surface area contributed by atoms with Gasteiger partial charge in [-0.1, -0.05) is 17.1 Å². The second-order valence-corrected chi connectivity index (χ2v) is 4.90. The van der Waals surface area contributed by atoms with Crippen molar-refractivity contribution in [3.63, 3.8) is 0 Å². The van der Waals surface area contributed by atoms with Gasteiger partial charge in [-0.15, -0.1) is 0 Å². The maximum Gasteiger partial charge on any atom is 0.434 e.